The topological polar surface area (TPSA) is 108 Å². The maximum atomic E-state index is 11.1. The molecule has 1 saturated heterocycles. The third-order valence-electron chi connectivity index (χ3n) is 2.74. The zero-order chi connectivity index (χ0) is 13.7. The molecule has 1 rings (SSSR count). The first-order valence-electron chi connectivity index (χ1n) is 6.02. The molecular formula is C11H21NO6. The zero-order valence-corrected chi connectivity index (χ0v) is 10.6. The van der Waals surface area contributed by atoms with Crippen molar-refractivity contribution in [2.24, 2.45) is 0 Å². The second kappa shape index (κ2) is 7.01. The third kappa shape index (κ3) is 3.63. The van der Waals surface area contributed by atoms with Crippen molar-refractivity contribution >= 4 is 5.91 Å². The number of amides is 1. The lowest BCUT2D eigenvalue weighted by atomic mass is 9.97. The van der Waals surface area contributed by atoms with Gasteiger partial charge in [-0.2, -0.15) is 0 Å². The van der Waals surface area contributed by atoms with E-state index in [0.29, 0.717) is 6.61 Å². The first-order chi connectivity index (χ1) is 8.51. The normalized spacial score (nSPS) is 36.4. The zero-order valence-electron chi connectivity index (χ0n) is 10.6. The van der Waals surface area contributed by atoms with Crippen LogP contribution in [0.15, 0.2) is 0 Å². The molecule has 1 heterocycles. The molecule has 0 bridgehead atoms. The highest BCUT2D eigenvalue weighted by atomic mass is 16.7. The van der Waals surface area contributed by atoms with Crippen molar-refractivity contribution in [2.45, 2.75) is 50.9 Å². The maximum absolute atomic E-state index is 11.1. The fourth-order valence-corrected chi connectivity index (χ4v) is 1.85. The summed E-state index contributed by atoms with van der Waals surface area (Å²) in [6.45, 7) is 3.16. The highest BCUT2D eigenvalue weighted by Crippen LogP contribution is 2.22. The van der Waals surface area contributed by atoms with Gasteiger partial charge >= 0.3 is 0 Å². The summed E-state index contributed by atoms with van der Waals surface area (Å²) in [5.74, 6) is -0.359. The summed E-state index contributed by atoms with van der Waals surface area (Å²) in [6.07, 6.45) is -3.58. The molecule has 0 saturated carbocycles. The van der Waals surface area contributed by atoms with Crippen LogP contribution in [0, 0.1) is 0 Å². The number of aliphatic hydroxyl groups excluding tert-OH is 3. The molecule has 0 aromatic heterocycles. The fraction of sp³-hybridized carbons (Fsp3) is 0.909. The van der Waals surface area contributed by atoms with Crippen LogP contribution in [0.1, 0.15) is 20.3 Å². The minimum absolute atomic E-state index is 0.359. The van der Waals surface area contributed by atoms with Crippen LogP contribution < -0.4 is 5.32 Å². The Morgan fingerprint density at radius 1 is 1.39 bits per heavy atom. The summed E-state index contributed by atoms with van der Waals surface area (Å²) < 4.78 is 10.7. The van der Waals surface area contributed by atoms with E-state index in [9.17, 15) is 15.0 Å². The summed E-state index contributed by atoms with van der Waals surface area (Å²) >= 11 is 0. The lowest BCUT2D eigenvalue weighted by Gasteiger charge is -2.42. The smallest absolute Gasteiger partial charge is 0.217 e. The average Bonchev–Trinajstić information content (AvgIpc) is 2.33. The van der Waals surface area contributed by atoms with Gasteiger partial charge in [0.1, 0.15) is 24.4 Å². The van der Waals surface area contributed by atoms with Gasteiger partial charge in [0.05, 0.1) is 6.61 Å². The second-order valence-corrected chi connectivity index (χ2v) is 4.30. The van der Waals surface area contributed by atoms with Crippen LogP contribution >= 0.6 is 0 Å². The van der Waals surface area contributed by atoms with E-state index < -0.39 is 37.3 Å². The minimum Gasteiger partial charge on any atom is -0.394 e. The average molecular weight is 263 g/mol. The van der Waals surface area contributed by atoms with Crippen LogP contribution in [0.2, 0.25) is 0 Å². The number of aliphatic hydroxyl groups is 3. The molecule has 0 unspecified atom stereocenters. The Morgan fingerprint density at radius 2 is 2.06 bits per heavy atom. The summed E-state index contributed by atoms with van der Waals surface area (Å²) in [4.78, 5) is 11.1. The minimum atomic E-state index is -1.27. The van der Waals surface area contributed by atoms with Gasteiger partial charge in [-0.3, -0.25) is 4.79 Å². The van der Waals surface area contributed by atoms with Gasteiger partial charge in [-0.15, -0.1) is 0 Å². The van der Waals surface area contributed by atoms with Crippen molar-refractivity contribution in [1.82, 2.24) is 5.32 Å². The van der Waals surface area contributed by atoms with E-state index in [1.54, 1.807) is 0 Å². The highest BCUT2D eigenvalue weighted by Gasteiger charge is 2.45. The number of carbonyl (C=O) groups is 1. The van der Waals surface area contributed by atoms with Gasteiger partial charge in [0.25, 0.3) is 0 Å². The first-order valence-corrected chi connectivity index (χ1v) is 6.02. The number of carbonyl (C=O) groups excluding carboxylic acids is 1. The van der Waals surface area contributed by atoms with Crippen LogP contribution in [-0.4, -0.2) is 65.1 Å². The van der Waals surface area contributed by atoms with Crippen LogP contribution in [0.4, 0.5) is 0 Å². The van der Waals surface area contributed by atoms with Crippen molar-refractivity contribution in [3.63, 3.8) is 0 Å². The molecule has 7 heteroatoms. The van der Waals surface area contributed by atoms with Gasteiger partial charge in [-0.1, -0.05) is 6.92 Å². The molecule has 7 nitrogen and oxygen atoms in total. The van der Waals surface area contributed by atoms with E-state index in [4.69, 9.17) is 14.6 Å². The Morgan fingerprint density at radius 3 is 2.56 bits per heavy atom. The number of hydrogen-bond acceptors (Lipinski definition) is 6. The van der Waals surface area contributed by atoms with Gasteiger partial charge in [0, 0.05) is 13.5 Å². The Kier molecular flexibility index (Phi) is 5.97. The third-order valence-corrected chi connectivity index (χ3v) is 2.74. The predicted octanol–water partition coefficient (Wildman–Crippen LogP) is -1.64. The van der Waals surface area contributed by atoms with Crippen molar-refractivity contribution in [3.05, 3.63) is 0 Å². The van der Waals surface area contributed by atoms with Gasteiger partial charge in [0.15, 0.2) is 6.29 Å². The molecule has 1 amide bonds. The Labute approximate surface area is 106 Å². The molecule has 4 N–H and O–H groups in total. The molecule has 1 fully saturated rings. The van der Waals surface area contributed by atoms with E-state index in [0.717, 1.165) is 6.42 Å². The summed E-state index contributed by atoms with van der Waals surface area (Å²) in [7, 11) is 0. The maximum Gasteiger partial charge on any atom is 0.217 e. The Balaban J connectivity index is 2.76. The van der Waals surface area contributed by atoms with E-state index in [-0.39, 0.29) is 5.91 Å². The van der Waals surface area contributed by atoms with Crippen LogP contribution in [0.25, 0.3) is 0 Å². The van der Waals surface area contributed by atoms with Crippen LogP contribution in [0.3, 0.4) is 0 Å². The molecule has 0 aromatic rings. The number of ether oxygens (including phenoxy) is 2. The standard InChI is InChI=1S/C11H21NO6/c1-3-4-17-11-8(12-6(2)14)10(16)9(15)7(5-13)18-11/h7-11,13,15-16H,3-5H2,1-2H3,(H,12,14)/t7-,8-,9-,10-,11+/m1/s1. The quantitative estimate of drug-likeness (QED) is 0.473. The Hall–Kier alpha value is -0.730. The van der Waals surface area contributed by atoms with Gasteiger partial charge in [0.2, 0.25) is 5.91 Å². The molecule has 106 valence electrons. The van der Waals surface area contributed by atoms with Crippen LogP contribution in [-0.2, 0) is 14.3 Å². The molecule has 5 atom stereocenters. The lowest BCUT2D eigenvalue weighted by molar-refractivity contribution is -0.270. The summed E-state index contributed by atoms with van der Waals surface area (Å²) in [5, 5.41) is 31.2. The number of nitrogens with one attached hydrogen (secondary N) is 1. The Bertz CT molecular complexity index is 274. The molecule has 1 aliphatic rings. The summed E-state index contributed by atoms with van der Waals surface area (Å²) in [5.41, 5.74) is 0. The van der Waals surface area contributed by atoms with Crippen molar-refractivity contribution < 1.29 is 29.6 Å². The van der Waals surface area contributed by atoms with Gasteiger partial charge in [-0.25, -0.2) is 0 Å². The SMILES string of the molecule is CCCO[C@H]1O[C@H](CO)[C@@H](O)[C@H](O)[C@H]1NC(C)=O. The van der Waals surface area contributed by atoms with E-state index >= 15 is 0 Å². The van der Waals surface area contributed by atoms with E-state index in [1.165, 1.54) is 6.92 Å². The molecule has 0 aromatic carbocycles. The fourth-order valence-electron chi connectivity index (χ4n) is 1.85. The lowest BCUT2D eigenvalue weighted by Crippen LogP contribution is -2.64. The summed E-state index contributed by atoms with van der Waals surface area (Å²) in [6, 6.07) is -0.855. The van der Waals surface area contributed by atoms with Crippen LogP contribution in [0.5, 0.6) is 0 Å². The largest absolute Gasteiger partial charge is 0.394 e. The van der Waals surface area contributed by atoms with Gasteiger partial charge < -0.3 is 30.1 Å². The molecule has 18 heavy (non-hydrogen) atoms. The van der Waals surface area contributed by atoms with E-state index in [2.05, 4.69) is 5.32 Å². The monoisotopic (exact) mass is 263 g/mol. The number of hydrogen-bond donors (Lipinski definition) is 4. The van der Waals surface area contributed by atoms with Gasteiger partial charge in [-0.05, 0) is 6.42 Å². The van der Waals surface area contributed by atoms with Crippen molar-refractivity contribution in [1.29, 1.82) is 0 Å². The molecule has 0 spiro atoms. The van der Waals surface area contributed by atoms with Crippen molar-refractivity contribution in [2.75, 3.05) is 13.2 Å². The van der Waals surface area contributed by atoms with Crippen molar-refractivity contribution in [3.8, 4) is 0 Å². The molecular weight excluding hydrogens is 242 g/mol. The first kappa shape index (κ1) is 15.3. The molecule has 0 radical (unpaired) electrons. The highest BCUT2D eigenvalue weighted by molar-refractivity contribution is 5.73. The molecule has 0 aliphatic carbocycles. The second-order valence-electron chi connectivity index (χ2n) is 4.30. The molecule has 1 aliphatic heterocycles. The van der Waals surface area contributed by atoms with E-state index in [1.807, 2.05) is 6.92 Å². The predicted molar refractivity (Wildman–Crippen MR) is 61.6 cm³/mol. The number of rotatable bonds is 5.